The van der Waals surface area contributed by atoms with E-state index in [-0.39, 0.29) is 12.5 Å². The van der Waals surface area contributed by atoms with Crippen LogP contribution in [0.25, 0.3) is 0 Å². The summed E-state index contributed by atoms with van der Waals surface area (Å²) in [5, 5.41) is 11.8. The summed E-state index contributed by atoms with van der Waals surface area (Å²) in [6, 6.07) is 1.89. The van der Waals surface area contributed by atoms with Crippen LogP contribution in [0.4, 0.5) is 11.4 Å². The molecule has 0 aromatic carbocycles. The Hall–Kier alpha value is -2.02. The molecule has 4 N–H and O–H groups in total. The van der Waals surface area contributed by atoms with Crippen LogP contribution in [0.15, 0.2) is 23.8 Å². The summed E-state index contributed by atoms with van der Waals surface area (Å²) < 4.78 is 1.58. The zero-order valence-electron chi connectivity index (χ0n) is 10.0. The lowest BCUT2D eigenvalue weighted by Crippen LogP contribution is -2.23. The molecule has 0 saturated heterocycles. The molecule has 6 nitrogen and oxygen atoms in total. The summed E-state index contributed by atoms with van der Waals surface area (Å²) in [5.74, 6) is -0.0767. The zero-order chi connectivity index (χ0) is 13.0. The van der Waals surface area contributed by atoms with Crippen molar-refractivity contribution in [3.05, 3.63) is 28.7 Å². The van der Waals surface area contributed by atoms with Gasteiger partial charge in [0, 0.05) is 23.8 Å². The van der Waals surface area contributed by atoms with Gasteiger partial charge in [-0.05, 0) is 11.4 Å². The Kier molecular flexibility index (Phi) is 3.83. The molecule has 1 amide bonds. The number of hydrogen-bond acceptors (Lipinski definition) is 5. The van der Waals surface area contributed by atoms with Gasteiger partial charge in [-0.1, -0.05) is 0 Å². The van der Waals surface area contributed by atoms with E-state index in [2.05, 4.69) is 15.7 Å². The molecular formula is C11H15N5OS. The second-order valence-electron chi connectivity index (χ2n) is 3.75. The van der Waals surface area contributed by atoms with Crippen LogP contribution in [-0.4, -0.2) is 22.7 Å². The Balaban J connectivity index is 1.91. The maximum atomic E-state index is 11.2. The fourth-order valence-corrected chi connectivity index (χ4v) is 2.18. The minimum atomic E-state index is -0.0767. The van der Waals surface area contributed by atoms with Crippen LogP contribution in [0.2, 0.25) is 0 Å². The first-order chi connectivity index (χ1) is 8.69. The second-order valence-corrected chi connectivity index (χ2v) is 4.75. The number of hydrogen-bond donors (Lipinski definition) is 3. The molecule has 0 bridgehead atoms. The minimum absolute atomic E-state index is 0.0767. The average molecular weight is 265 g/mol. The maximum absolute atomic E-state index is 11.2. The van der Waals surface area contributed by atoms with Gasteiger partial charge in [0.2, 0.25) is 5.91 Å². The van der Waals surface area contributed by atoms with E-state index < -0.39 is 0 Å². The van der Waals surface area contributed by atoms with Crippen molar-refractivity contribution in [2.24, 2.45) is 0 Å². The van der Waals surface area contributed by atoms with Crippen molar-refractivity contribution in [2.75, 3.05) is 18.1 Å². The van der Waals surface area contributed by atoms with Crippen molar-refractivity contribution in [1.29, 1.82) is 0 Å². The molecule has 0 spiro atoms. The third kappa shape index (κ3) is 3.01. The maximum Gasteiger partial charge on any atom is 0.241 e. The molecule has 96 valence electrons. The van der Waals surface area contributed by atoms with Gasteiger partial charge in [0.05, 0.1) is 18.4 Å². The van der Waals surface area contributed by atoms with Crippen LogP contribution >= 0.6 is 11.3 Å². The number of aromatic nitrogens is 2. The van der Waals surface area contributed by atoms with Crippen LogP contribution in [0.3, 0.4) is 0 Å². The summed E-state index contributed by atoms with van der Waals surface area (Å²) in [6.07, 6.45) is 3.48. The quantitative estimate of drug-likeness (QED) is 0.749. The van der Waals surface area contributed by atoms with Crippen molar-refractivity contribution in [1.82, 2.24) is 15.1 Å². The summed E-state index contributed by atoms with van der Waals surface area (Å²) in [5.41, 5.74) is 7.45. The molecule has 0 aliphatic carbocycles. The first-order valence-electron chi connectivity index (χ1n) is 5.48. The predicted molar refractivity (Wildman–Crippen MR) is 72.4 cm³/mol. The minimum Gasteiger partial charge on any atom is -0.398 e. The fraction of sp³-hybridized carbons (Fsp3) is 0.273. The van der Waals surface area contributed by atoms with E-state index in [1.807, 2.05) is 11.4 Å². The Morgan fingerprint density at radius 2 is 2.44 bits per heavy atom. The van der Waals surface area contributed by atoms with E-state index in [0.717, 1.165) is 16.3 Å². The molecule has 18 heavy (non-hydrogen) atoms. The Labute approximate surface area is 109 Å². The first-order valence-corrected chi connectivity index (χ1v) is 6.35. The molecular weight excluding hydrogens is 250 g/mol. The lowest BCUT2D eigenvalue weighted by atomic mass is 10.4. The van der Waals surface area contributed by atoms with Gasteiger partial charge in [-0.15, -0.1) is 11.3 Å². The first kappa shape index (κ1) is 12.4. The molecule has 0 aliphatic heterocycles. The number of nitrogens with one attached hydrogen (secondary N) is 2. The van der Waals surface area contributed by atoms with Gasteiger partial charge in [-0.2, -0.15) is 5.10 Å². The van der Waals surface area contributed by atoms with E-state index in [9.17, 15) is 4.79 Å². The van der Waals surface area contributed by atoms with Crippen LogP contribution in [0.5, 0.6) is 0 Å². The highest BCUT2D eigenvalue weighted by Gasteiger charge is 2.04. The van der Waals surface area contributed by atoms with Gasteiger partial charge in [0.15, 0.2) is 0 Å². The van der Waals surface area contributed by atoms with E-state index in [1.165, 1.54) is 0 Å². The largest absolute Gasteiger partial charge is 0.398 e. The molecule has 2 aromatic rings. The second kappa shape index (κ2) is 5.54. The SMILES string of the molecule is CNC(=O)Cn1cc(NCc2sccc2N)cn1. The number of rotatable bonds is 5. The number of nitrogens with two attached hydrogens (primary N) is 1. The molecule has 0 radical (unpaired) electrons. The molecule has 0 atom stereocenters. The molecule has 0 saturated carbocycles. The number of nitrogens with zero attached hydrogens (tertiary/aromatic N) is 2. The van der Waals surface area contributed by atoms with Gasteiger partial charge in [0.1, 0.15) is 6.54 Å². The highest BCUT2D eigenvalue weighted by atomic mass is 32.1. The molecule has 0 aliphatic rings. The van der Waals surface area contributed by atoms with Gasteiger partial charge in [0.25, 0.3) is 0 Å². The van der Waals surface area contributed by atoms with Crippen molar-refractivity contribution in [2.45, 2.75) is 13.1 Å². The summed E-state index contributed by atoms with van der Waals surface area (Å²) >= 11 is 1.61. The normalized spacial score (nSPS) is 10.3. The van der Waals surface area contributed by atoms with Crippen LogP contribution < -0.4 is 16.4 Å². The predicted octanol–water partition coefficient (Wildman–Crippen LogP) is 0.885. The van der Waals surface area contributed by atoms with Crippen LogP contribution in [-0.2, 0) is 17.9 Å². The van der Waals surface area contributed by atoms with Gasteiger partial charge >= 0.3 is 0 Å². The Morgan fingerprint density at radius 1 is 1.61 bits per heavy atom. The Bertz CT molecular complexity index is 533. The number of likely N-dealkylation sites (N-methyl/N-ethyl adjacent to an activating group) is 1. The van der Waals surface area contributed by atoms with E-state index in [1.54, 1.807) is 35.5 Å². The smallest absolute Gasteiger partial charge is 0.241 e. The van der Waals surface area contributed by atoms with Crippen molar-refractivity contribution < 1.29 is 4.79 Å². The zero-order valence-corrected chi connectivity index (χ0v) is 10.8. The van der Waals surface area contributed by atoms with Gasteiger partial charge in [-0.3, -0.25) is 9.48 Å². The molecule has 7 heteroatoms. The summed E-state index contributed by atoms with van der Waals surface area (Å²) in [6.45, 7) is 0.883. The molecule has 2 aromatic heterocycles. The highest BCUT2D eigenvalue weighted by Crippen LogP contribution is 2.20. The topological polar surface area (TPSA) is 85.0 Å². The molecule has 2 heterocycles. The third-order valence-corrected chi connectivity index (χ3v) is 3.39. The van der Waals surface area contributed by atoms with Crippen molar-refractivity contribution in [3.8, 4) is 0 Å². The van der Waals surface area contributed by atoms with Gasteiger partial charge in [-0.25, -0.2) is 0 Å². The summed E-state index contributed by atoms with van der Waals surface area (Å²) in [7, 11) is 1.60. The number of thiophene rings is 1. The van der Waals surface area contributed by atoms with Crippen molar-refractivity contribution in [3.63, 3.8) is 0 Å². The van der Waals surface area contributed by atoms with Crippen molar-refractivity contribution >= 4 is 28.6 Å². The lowest BCUT2D eigenvalue weighted by Gasteiger charge is -2.02. The average Bonchev–Trinajstić information content (AvgIpc) is 2.96. The van der Waals surface area contributed by atoms with E-state index >= 15 is 0 Å². The van der Waals surface area contributed by atoms with E-state index in [4.69, 9.17) is 5.73 Å². The van der Waals surface area contributed by atoms with E-state index in [0.29, 0.717) is 6.54 Å². The highest BCUT2D eigenvalue weighted by molar-refractivity contribution is 7.10. The standard InChI is InChI=1S/C11H15N5OS/c1-13-11(17)7-16-6-8(4-15-16)14-5-10-9(12)2-3-18-10/h2-4,6,14H,5,7,12H2,1H3,(H,13,17). The monoisotopic (exact) mass is 265 g/mol. The number of carbonyl (C=O) groups is 1. The van der Waals surface area contributed by atoms with Crippen LogP contribution in [0.1, 0.15) is 4.88 Å². The molecule has 0 unspecified atom stereocenters. The molecule has 0 fully saturated rings. The summed E-state index contributed by atoms with van der Waals surface area (Å²) in [4.78, 5) is 12.3. The fourth-order valence-electron chi connectivity index (χ4n) is 1.44. The van der Waals surface area contributed by atoms with Crippen LogP contribution in [0, 0.1) is 0 Å². The van der Waals surface area contributed by atoms with Gasteiger partial charge < -0.3 is 16.4 Å². The number of amides is 1. The number of anilines is 2. The lowest BCUT2D eigenvalue weighted by molar-refractivity contribution is -0.121. The third-order valence-electron chi connectivity index (χ3n) is 2.45. The number of carbonyl (C=O) groups excluding carboxylic acids is 1. The molecule has 2 rings (SSSR count). The number of nitrogen functional groups attached to an aromatic ring is 1. The Morgan fingerprint density at radius 3 is 3.11 bits per heavy atom.